The Kier molecular flexibility index (Phi) is 4.80. The van der Waals surface area contributed by atoms with Crippen molar-refractivity contribution in [2.24, 2.45) is 5.92 Å². The summed E-state index contributed by atoms with van der Waals surface area (Å²) in [6, 6.07) is 0.617. The summed E-state index contributed by atoms with van der Waals surface area (Å²) in [4.78, 5) is 12.1. The summed E-state index contributed by atoms with van der Waals surface area (Å²) in [5.41, 5.74) is 0. The van der Waals surface area contributed by atoms with E-state index in [0.29, 0.717) is 19.3 Å². The van der Waals surface area contributed by atoms with Crippen LogP contribution in [0.5, 0.6) is 0 Å². The first kappa shape index (κ1) is 12.8. The number of hydrogen-bond donors (Lipinski definition) is 2. The Morgan fingerprint density at radius 1 is 1.29 bits per heavy atom. The van der Waals surface area contributed by atoms with Crippen LogP contribution in [0.25, 0.3) is 0 Å². The highest BCUT2D eigenvalue weighted by Crippen LogP contribution is 2.20. The van der Waals surface area contributed by atoms with Crippen LogP contribution in [-0.4, -0.2) is 37.7 Å². The molecule has 1 saturated heterocycles. The average molecular weight is 240 g/mol. The van der Waals surface area contributed by atoms with Gasteiger partial charge >= 0.3 is 0 Å². The Morgan fingerprint density at radius 2 is 2.06 bits per heavy atom. The van der Waals surface area contributed by atoms with Gasteiger partial charge in [0, 0.05) is 12.1 Å². The molecule has 1 heterocycles. The van der Waals surface area contributed by atoms with Gasteiger partial charge in [0.1, 0.15) is 0 Å². The van der Waals surface area contributed by atoms with Crippen molar-refractivity contribution in [3.63, 3.8) is 0 Å². The quantitative estimate of drug-likeness (QED) is 0.755. The van der Waals surface area contributed by atoms with E-state index in [0.717, 1.165) is 25.8 Å². The third kappa shape index (κ3) is 3.42. The monoisotopic (exact) mass is 240 g/mol. The summed E-state index contributed by atoms with van der Waals surface area (Å²) < 4.78 is 5.43. The van der Waals surface area contributed by atoms with Gasteiger partial charge in [0.25, 0.3) is 0 Å². The van der Waals surface area contributed by atoms with Crippen molar-refractivity contribution >= 4 is 5.91 Å². The van der Waals surface area contributed by atoms with Crippen molar-refractivity contribution in [2.75, 3.05) is 19.8 Å². The summed E-state index contributed by atoms with van der Waals surface area (Å²) in [7, 11) is 0. The second kappa shape index (κ2) is 6.36. The highest BCUT2D eigenvalue weighted by atomic mass is 16.5. The fraction of sp³-hybridized carbons (Fsp3) is 0.923. The minimum absolute atomic E-state index is 0.00199. The maximum atomic E-state index is 12.1. The molecule has 2 unspecified atom stereocenters. The molecule has 0 aromatic heterocycles. The lowest BCUT2D eigenvalue weighted by Crippen LogP contribution is -2.46. The molecule has 0 aromatic carbocycles. The Bertz CT molecular complexity index is 252. The van der Waals surface area contributed by atoms with Gasteiger partial charge in [-0.25, -0.2) is 0 Å². The van der Waals surface area contributed by atoms with E-state index in [4.69, 9.17) is 4.74 Å². The number of rotatable bonds is 5. The van der Waals surface area contributed by atoms with Gasteiger partial charge in [-0.2, -0.15) is 0 Å². The first-order valence-corrected chi connectivity index (χ1v) is 6.92. The van der Waals surface area contributed by atoms with Gasteiger partial charge in [-0.3, -0.25) is 4.79 Å². The molecule has 1 amide bonds. The molecule has 1 aliphatic heterocycles. The third-order valence-electron chi connectivity index (χ3n) is 3.78. The smallest absolute Gasteiger partial charge is 0.227 e. The summed E-state index contributed by atoms with van der Waals surface area (Å²) in [5, 5.41) is 6.57. The van der Waals surface area contributed by atoms with Gasteiger partial charge in [0.05, 0.1) is 19.1 Å². The maximum absolute atomic E-state index is 12.1. The number of carbonyl (C=O) groups excluding carboxylic acids is 1. The zero-order valence-electron chi connectivity index (χ0n) is 10.7. The van der Waals surface area contributed by atoms with E-state index in [-0.39, 0.29) is 17.9 Å². The predicted octanol–water partition coefficient (Wildman–Crippen LogP) is 1.06. The van der Waals surface area contributed by atoms with Gasteiger partial charge in [-0.1, -0.05) is 19.8 Å². The molecule has 2 rings (SSSR count). The molecule has 2 fully saturated rings. The number of ether oxygens (including phenoxy) is 1. The van der Waals surface area contributed by atoms with Gasteiger partial charge in [0.2, 0.25) is 5.91 Å². The van der Waals surface area contributed by atoms with Crippen LogP contribution in [0.4, 0.5) is 0 Å². The average Bonchev–Trinajstić information content (AvgIpc) is 2.96. The van der Waals surface area contributed by atoms with Crippen molar-refractivity contribution in [1.82, 2.24) is 10.6 Å². The Morgan fingerprint density at radius 3 is 2.76 bits per heavy atom. The van der Waals surface area contributed by atoms with Gasteiger partial charge in [0.15, 0.2) is 0 Å². The number of nitrogens with one attached hydrogen (secondary N) is 2. The molecule has 17 heavy (non-hydrogen) atoms. The minimum Gasteiger partial charge on any atom is -0.379 e. The standard InChI is InChI=1S/C13H24N2O2/c1-2-7-14-12-9-17-8-11(12)13(16)15-10-5-3-4-6-10/h10-12,14H,2-9H2,1H3,(H,15,16). The zero-order valence-corrected chi connectivity index (χ0v) is 10.7. The second-order valence-electron chi connectivity index (χ2n) is 5.19. The molecule has 1 saturated carbocycles. The molecule has 0 spiro atoms. The molecule has 4 nitrogen and oxygen atoms in total. The fourth-order valence-corrected chi connectivity index (χ4v) is 2.72. The normalized spacial score (nSPS) is 29.7. The SMILES string of the molecule is CCCNC1COCC1C(=O)NC1CCCC1. The molecule has 2 aliphatic rings. The van der Waals surface area contributed by atoms with Gasteiger partial charge < -0.3 is 15.4 Å². The number of hydrogen-bond acceptors (Lipinski definition) is 3. The fourth-order valence-electron chi connectivity index (χ4n) is 2.72. The van der Waals surface area contributed by atoms with E-state index in [1.165, 1.54) is 12.8 Å². The van der Waals surface area contributed by atoms with Crippen molar-refractivity contribution in [3.05, 3.63) is 0 Å². The predicted molar refractivity (Wildman–Crippen MR) is 66.8 cm³/mol. The summed E-state index contributed by atoms with van der Waals surface area (Å²) in [6.07, 6.45) is 5.89. The van der Waals surface area contributed by atoms with Crippen LogP contribution in [0.2, 0.25) is 0 Å². The molecule has 4 heteroatoms. The zero-order chi connectivity index (χ0) is 12.1. The molecular weight excluding hydrogens is 216 g/mol. The van der Waals surface area contributed by atoms with Crippen LogP contribution in [0.15, 0.2) is 0 Å². The summed E-state index contributed by atoms with van der Waals surface area (Å²) in [6.45, 7) is 4.33. The summed E-state index contributed by atoms with van der Waals surface area (Å²) >= 11 is 0. The topological polar surface area (TPSA) is 50.4 Å². The molecule has 0 bridgehead atoms. The van der Waals surface area contributed by atoms with E-state index in [1.54, 1.807) is 0 Å². The molecular formula is C13H24N2O2. The van der Waals surface area contributed by atoms with Crippen molar-refractivity contribution in [2.45, 2.75) is 51.1 Å². The van der Waals surface area contributed by atoms with Crippen molar-refractivity contribution in [3.8, 4) is 0 Å². The van der Waals surface area contributed by atoms with Crippen LogP contribution >= 0.6 is 0 Å². The van der Waals surface area contributed by atoms with E-state index in [2.05, 4.69) is 17.6 Å². The third-order valence-corrected chi connectivity index (χ3v) is 3.78. The van der Waals surface area contributed by atoms with E-state index in [9.17, 15) is 4.79 Å². The molecule has 2 atom stereocenters. The van der Waals surface area contributed by atoms with E-state index >= 15 is 0 Å². The Balaban J connectivity index is 1.80. The van der Waals surface area contributed by atoms with Crippen molar-refractivity contribution in [1.29, 1.82) is 0 Å². The minimum atomic E-state index is 0.00199. The highest BCUT2D eigenvalue weighted by molar-refractivity contribution is 5.80. The first-order valence-electron chi connectivity index (χ1n) is 6.92. The molecule has 2 N–H and O–H groups in total. The van der Waals surface area contributed by atoms with Gasteiger partial charge in [-0.05, 0) is 25.8 Å². The Labute approximate surface area is 103 Å². The van der Waals surface area contributed by atoms with Crippen LogP contribution < -0.4 is 10.6 Å². The van der Waals surface area contributed by atoms with E-state index in [1.807, 2.05) is 0 Å². The summed E-state index contributed by atoms with van der Waals surface area (Å²) in [5.74, 6) is 0.185. The van der Waals surface area contributed by atoms with E-state index < -0.39 is 0 Å². The highest BCUT2D eigenvalue weighted by Gasteiger charge is 2.34. The number of carbonyl (C=O) groups is 1. The Hall–Kier alpha value is -0.610. The molecule has 1 aliphatic carbocycles. The lowest BCUT2D eigenvalue weighted by molar-refractivity contribution is -0.126. The van der Waals surface area contributed by atoms with Gasteiger partial charge in [-0.15, -0.1) is 0 Å². The van der Waals surface area contributed by atoms with Crippen LogP contribution in [0, 0.1) is 5.92 Å². The van der Waals surface area contributed by atoms with Crippen LogP contribution in [0.3, 0.4) is 0 Å². The molecule has 0 radical (unpaired) electrons. The lowest BCUT2D eigenvalue weighted by Gasteiger charge is -2.20. The first-order chi connectivity index (χ1) is 8.31. The maximum Gasteiger partial charge on any atom is 0.227 e. The van der Waals surface area contributed by atoms with Crippen molar-refractivity contribution < 1.29 is 9.53 Å². The lowest BCUT2D eigenvalue weighted by atomic mass is 10.0. The largest absolute Gasteiger partial charge is 0.379 e. The van der Waals surface area contributed by atoms with Crippen LogP contribution in [-0.2, 0) is 9.53 Å². The second-order valence-corrected chi connectivity index (χ2v) is 5.19. The molecule has 98 valence electrons. The van der Waals surface area contributed by atoms with Crippen LogP contribution in [0.1, 0.15) is 39.0 Å². The number of amides is 1. The molecule has 0 aromatic rings.